The van der Waals surface area contributed by atoms with Crippen LogP contribution in [0, 0.1) is 0 Å². The van der Waals surface area contributed by atoms with E-state index in [4.69, 9.17) is 10.2 Å². The van der Waals surface area contributed by atoms with Crippen molar-refractivity contribution in [2.75, 3.05) is 0 Å². The van der Waals surface area contributed by atoms with Gasteiger partial charge in [0.05, 0.1) is 18.5 Å². The zero-order chi connectivity index (χ0) is 10.1. The molecule has 2 aromatic heterocycles. The molecule has 5 nitrogen and oxygen atoms in total. The lowest BCUT2D eigenvalue weighted by atomic mass is 10.1. The van der Waals surface area contributed by atoms with Crippen molar-refractivity contribution in [3.63, 3.8) is 0 Å². The highest BCUT2D eigenvalue weighted by atomic mass is 79.9. The number of nitrogens with two attached hydrogens (primary N) is 1. The summed E-state index contributed by atoms with van der Waals surface area (Å²) in [5.41, 5.74) is 7.55. The third kappa shape index (κ3) is 1.58. The fourth-order valence-electron chi connectivity index (χ4n) is 1.19. The second-order valence-corrected chi connectivity index (χ2v) is 3.66. The molecule has 0 radical (unpaired) electrons. The molecule has 14 heavy (non-hydrogen) atoms. The average molecular weight is 257 g/mol. The summed E-state index contributed by atoms with van der Waals surface area (Å²) in [7, 11) is 1.80. The minimum absolute atomic E-state index is 0.308. The molecular weight excluding hydrogens is 248 g/mol. The number of hydrogen-bond acceptors (Lipinski definition) is 4. The molecule has 0 aliphatic rings. The maximum atomic E-state index is 5.97. The number of aromatic nitrogens is 3. The zero-order valence-corrected chi connectivity index (χ0v) is 9.10. The minimum Gasteiger partial charge on any atom is -0.457 e. The molecule has 1 unspecified atom stereocenters. The maximum Gasteiger partial charge on any atom is 0.174 e. The summed E-state index contributed by atoms with van der Waals surface area (Å²) in [6.07, 6.45) is 3.36. The summed E-state index contributed by atoms with van der Waals surface area (Å²) < 4.78 is 7.34. The van der Waals surface area contributed by atoms with Crippen LogP contribution in [0.25, 0.3) is 0 Å². The third-order valence-electron chi connectivity index (χ3n) is 1.92. The summed E-state index contributed by atoms with van der Waals surface area (Å²) in [6, 6.07) is 1.50. The van der Waals surface area contributed by atoms with Gasteiger partial charge in [-0.3, -0.25) is 4.68 Å². The van der Waals surface area contributed by atoms with Gasteiger partial charge in [0.2, 0.25) is 0 Å². The molecule has 2 aromatic rings. The van der Waals surface area contributed by atoms with Gasteiger partial charge in [0.25, 0.3) is 0 Å². The first kappa shape index (κ1) is 9.42. The Labute approximate surface area is 89.0 Å². The molecule has 0 fully saturated rings. The lowest BCUT2D eigenvalue weighted by Gasteiger charge is -2.04. The molecule has 2 rings (SSSR count). The summed E-state index contributed by atoms with van der Waals surface area (Å²) in [6.45, 7) is 0. The van der Waals surface area contributed by atoms with Gasteiger partial charge in [-0.15, -0.1) is 5.10 Å². The molecule has 0 aliphatic heterocycles. The fourth-order valence-corrected chi connectivity index (χ4v) is 1.68. The Bertz CT molecular complexity index is 436. The normalized spacial score (nSPS) is 13.1. The van der Waals surface area contributed by atoms with Crippen molar-refractivity contribution in [1.29, 1.82) is 0 Å². The van der Waals surface area contributed by atoms with E-state index in [0.29, 0.717) is 4.67 Å². The first-order valence-corrected chi connectivity index (χ1v) is 4.82. The molecule has 0 aliphatic carbocycles. The number of furan rings is 1. The first-order valence-electron chi connectivity index (χ1n) is 4.03. The Kier molecular flexibility index (Phi) is 2.39. The van der Waals surface area contributed by atoms with E-state index in [1.807, 2.05) is 6.07 Å². The van der Waals surface area contributed by atoms with Crippen LogP contribution in [0.15, 0.2) is 27.6 Å². The van der Waals surface area contributed by atoms with E-state index in [-0.39, 0.29) is 6.04 Å². The van der Waals surface area contributed by atoms with Crippen molar-refractivity contribution in [3.8, 4) is 0 Å². The maximum absolute atomic E-state index is 5.97. The predicted molar refractivity (Wildman–Crippen MR) is 53.4 cm³/mol. The highest BCUT2D eigenvalue weighted by Gasteiger charge is 2.16. The van der Waals surface area contributed by atoms with Crippen LogP contribution in [0.1, 0.15) is 17.3 Å². The Morgan fingerprint density at radius 3 is 2.93 bits per heavy atom. The van der Waals surface area contributed by atoms with Gasteiger partial charge in [0.15, 0.2) is 4.67 Å². The summed E-state index contributed by atoms with van der Waals surface area (Å²) in [5.74, 6) is 0. The SMILES string of the molecule is Cn1cc(C(N)c2ccoc2Br)nn1. The molecule has 74 valence electrons. The van der Waals surface area contributed by atoms with E-state index in [1.165, 1.54) is 0 Å². The summed E-state index contributed by atoms with van der Waals surface area (Å²) in [4.78, 5) is 0. The van der Waals surface area contributed by atoms with E-state index < -0.39 is 0 Å². The van der Waals surface area contributed by atoms with Gasteiger partial charge in [-0.2, -0.15) is 0 Å². The molecule has 2 heterocycles. The molecule has 0 aromatic carbocycles. The van der Waals surface area contributed by atoms with Crippen molar-refractivity contribution in [1.82, 2.24) is 15.0 Å². The Balaban J connectivity index is 2.33. The van der Waals surface area contributed by atoms with Crippen molar-refractivity contribution in [2.45, 2.75) is 6.04 Å². The monoisotopic (exact) mass is 256 g/mol. The smallest absolute Gasteiger partial charge is 0.174 e. The fraction of sp³-hybridized carbons (Fsp3) is 0.250. The van der Waals surface area contributed by atoms with Crippen LogP contribution in [-0.2, 0) is 7.05 Å². The first-order chi connectivity index (χ1) is 6.68. The molecule has 0 spiro atoms. The number of halogens is 1. The van der Waals surface area contributed by atoms with Crippen molar-refractivity contribution in [2.24, 2.45) is 12.8 Å². The van der Waals surface area contributed by atoms with Crippen LogP contribution < -0.4 is 5.73 Å². The highest BCUT2D eigenvalue weighted by Crippen LogP contribution is 2.26. The lowest BCUT2D eigenvalue weighted by Crippen LogP contribution is -2.11. The zero-order valence-electron chi connectivity index (χ0n) is 7.51. The second kappa shape index (κ2) is 3.55. The molecule has 0 saturated carbocycles. The van der Waals surface area contributed by atoms with E-state index >= 15 is 0 Å². The highest BCUT2D eigenvalue weighted by molar-refractivity contribution is 9.10. The van der Waals surface area contributed by atoms with Gasteiger partial charge in [-0.25, -0.2) is 0 Å². The Hall–Kier alpha value is -1.14. The van der Waals surface area contributed by atoms with Gasteiger partial charge in [0.1, 0.15) is 5.69 Å². The number of hydrogen-bond donors (Lipinski definition) is 1. The van der Waals surface area contributed by atoms with E-state index in [0.717, 1.165) is 11.3 Å². The van der Waals surface area contributed by atoms with Gasteiger partial charge < -0.3 is 10.2 Å². The standard InChI is InChI=1S/C8H9BrN4O/c1-13-4-6(11-12-13)7(10)5-2-3-14-8(5)9/h2-4,7H,10H2,1H3. The molecular formula is C8H9BrN4O. The molecule has 0 bridgehead atoms. The molecule has 1 atom stereocenters. The van der Waals surface area contributed by atoms with Gasteiger partial charge in [0, 0.05) is 12.6 Å². The van der Waals surface area contributed by atoms with Gasteiger partial charge in [-0.1, -0.05) is 5.21 Å². The largest absolute Gasteiger partial charge is 0.457 e. The van der Waals surface area contributed by atoms with E-state index in [2.05, 4.69) is 26.2 Å². The van der Waals surface area contributed by atoms with Crippen LogP contribution in [0.4, 0.5) is 0 Å². The number of aryl methyl sites for hydroxylation is 1. The molecule has 6 heteroatoms. The Morgan fingerprint density at radius 1 is 1.64 bits per heavy atom. The van der Waals surface area contributed by atoms with E-state index in [1.54, 1.807) is 24.2 Å². The van der Waals surface area contributed by atoms with Crippen LogP contribution in [-0.4, -0.2) is 15.0 Å². The third-order valence-corrected chi connectivity index (χ3v) is 2.56. The summed E-state index contributed by atoms with van der Waals surface area (Å²) in [5, 5.41) is 7.76. The summed E-state index contributed by atoms with van der Waals surface area (Å²) >= 11 is 3.27. The topological polar surface area (TPSA) is 69.9 Å². The number of nitrogens with zero attached hydrogens (tertiary/aromatic N) is 3. The van der Waals surface area contributed by atoms with Crippen molar-refractivity contribution >= 4 is 15.9 Å². The molecule has 0 amide bonds. The van der Waals surface area contributed by atoms with Crippen molar-refractivity contribution in [3.05, 3.63) is 34.5 Å². The van der Waals surface area contributed by atoms with Crippen LogP contribution in [0.2, 0.25) is 0 Å². The second-order valence-electron chi connectivity index (χ2n) is 2.94. The van der Waals surface area contributed by atoms with Crippen LogP contribution in [0.3, 0.4) is 0 Å². The molecule has 2 N–H and O–H groups in total. The average Bonchev–Trinajstić information content (AvgIpc) is 2.73. The minimum atomic E-state index is -0.308. The van der Waals surface area contributed by atoms with Crippen molar-refractivity contribution < 1.29 is 4.42 Å². The lowest BCUT2D eigenvalue weighted by molar-refractivity contribution is 0.534. The predicted octanol–water partition coefficient (Wildman–Crippen LogP) is 1.22. The number of rotatable bonds is 2. The van der Waals surface area contributed by atoms with Crippen LogP contribution in [0.5, 0.6) is 0 Å². The quantitative estimate of drug-likeness (QED) is 0.878. The van der Waals surface area contributed by atoms with Crippen LogP contribution >= 0.6 is 15.9 Å². The van der Waals surface area contributed by atoms with Gasteiger partial charge >= 0.3 is 0 Å². The van der Waals surface area contributed by atoms with E-state index in [9.17, 15) is 0 Å². The molecule has 0 saturated heterocycles. The van der Waals surface area contributed by atoms with Gasteiger partial charge in [-0.05, 0) is 22.0 Å². The Morgan fingerprint density at radius 2 is 2.43 bits per heavy atom.